The van der Waals surface area contributed by atoms with Crippen molar-refractivity contribution in [2.75, 3.05) is 6.54 Å². The third-order valence-corrected chi connectivity index (χ3v) is 2.55. The molecule has 2 aromatic rings. The molecule has 8 heteroatoms. The number of hydrogen-bond donors (Lipinski definition) is 1. The fourth-order valence-corrected chi connectivity index (χ4v) is 1.55. The number of amides is 1. The van der Waals surface area contributed by atoms with Gasteiger partial charge in [0.05, 0.1) is 0 Å². The minimum Gasteiger partial charge on any atom is -0.473 e. The second-order valence-electron chi connectivity index (χ2n) is 4.31. The maximum atomic E-state index is 12.0. The van der Waals surface area contributed by atoms with Crippen LogP contribution in [0.25, 0.3) is 0 Å². The molecule has 0 radical (unpaired) electrons. The Hall–Kier alpha value is -2.64. The molecule has 22 heavy (non-hydrogen) atoms. The Morgan fingerprint density at radius 1 is 1.18 bits per heavy atom. The minimum atomic E-state index is -4.48. The molecule has 0 saturated heterocycles. The number of carbonyl (C=O) groups is 1. The van der Waals surface area contributed by atoms with Crippen molar-refractivity contribution >= 4 is 5.91 Å². The number of halogens is 3. The van der Waals surface area contributed by atoms with Crippen LogP contribution in [0.5, 0.6) is 5.88 Å². The lowest BCUT2D eigenvalue weighted by atomic mass is 10.2. The van der Waals surface area contributed by atoms with Crippen LogP contribution < -0.4 is 10.1 Å². The highest BCUT2D eigenvalue weighted by Gasteiger charge is 2.28. The lowest BCUT2D eigenvalue weighted by Gasteiger charge is -2.09. The van der Waals surface area contributed by atoms with E-state index in [-0.39, 0.29) is 18.2 Å². The fourth-order valence-electron chi connectivity index (χ4n) is 1.55. The molecule has 1 amide bonds. The lowest BCUT2D eigenvalue weighted by Crippen LogP contribution is -2.34. The summed E-state index contributed by atoms with van der Waals surface area (Å²) in [5.74, 6) is -0.833. The summed E-state index contributed by atoms with van der Waals surface area (Å²) in [5, 5.41) is 1.73. The Labute approximate surface area is 124 Å². The molecular formula is C14H12F3N3O2. The van der Waals surface area contributed by atoms with E-state index in [4.69, 9.17) is 4.74 Å². The molecule has 1 aromatic heterocycles. The van der Waals surface area contributed by atoms with Gasteiger partial charge in [-0.1, -0.05) is 30.3 Å². The molecule has 0 spiro atoms. The Morgan fingerprint density at radius 2 is 1.91 bits per heavy atom. The van der Waals surface area contributed by atoms with Gasteiger partial charge in [0, 0.05) is 6.07 Å². The zero-order valence-electron chi connectivity index (χ0n) is 11.3. The summed E-state index contributed by atoms with van der Waals surface area (Å²) in [6.45, 7) is -1.20. The molecule has 0 unspecified atom stereocenters. The predicted molar refractivity (Wildman–Crippen MR) is 71.2 cm³/mol. The number of alkyl halides is 3. The van der Waals surface area contributed by atoms with Crippen molar-refractivity contribution in [3.8, 4) is 5.88 Å². The van der Waals surface area contributed by atoms with Gasteiger partial charge in [-0.3, -0.25) is 4.79 Å². The van der Waals surface area contributed by atoms with Crippen LogP contribution in [0.3, 0.4) is 0 Å². The normalized spacial score (nSPS) is 11.0. The molecule has 0 saturated carbocycles. The number of benzene rings is 1. The van der Waals surface area contributed by atoms with Crippen molar-refractivity contribution in [2.45, 2.75) is 12.8 Å². The highest BCUT2D eigenvalue weighted by molar-refractivity contribution is 5.92. The first-order valence-corrected chi connectivity index (χ1v) is 6.28. The number of ether oxygens (including phenoxy) is 1. The third-order valence-electron chi connectivity index (χ3n) is 2.55. The lowest BCUT2D eigenvalue weighted by molar-refractivity contribution is -0.123. The molecular weight excluding hydrogens is 299 g/mol. The van der Waals surface area contributed by atoms with E-state index in [1.54, 1.807) is 5.32 Å². The average Bonchev–Trinajstić information content (AvgIpc) is 2.51. The van der Waals surface area contributed by atoms with Gasteiger partial charge in [0.15, 0.2) is 0 Å². The summed E-state index contributed by atoms with van der Waals surface area (Å²) in [5.41, 5.74) is 0.700. The van der Waals surface area contributed by atoms with Crippen molar-refractivity contribution < 1.29 is 22.7 Å². The monoisotopic (exact) mass is 311 g/mol. The summed E-state index contributed by atoms with van der Waals surface area (Å²) in [7, 11) is 0. The highest BCUT2D eigenvalue weighted by atomic mass is 19.4. The summed E-state index contributed by atoms with van der Waals surface area (Å²) in [6, 6.07) is 10.4. The van der Waals surface area contributed by atoms with E-state index in [0.717, 1.165) is 11.9 Å². The quantitative estimate of drug-likeness (QED) is 0.920. The van der Waals surface area contributed by atoms with Gasteiger partial charge < -0.3 is 10.1 Å². The maximum Gasteiger partial charge on any atom is 0.405 e. The molecule has 0 aliphatic rings. The van der Waals surface area contributed by atoms with Gasteiger partial charge in [-0.15, -0.1) is 0 Å². The van der Waals surface area contributed by atoms with E-state index >= 15 is 0 Å². The van der Waals surface area contributed by atoms with Gasteiger partial charge in [0.2, 0.25) is 5.88 Å². The Balaban J connectivity index is 1.96. The molecule has 5 nitrogen and oxygen atoms in total. The van der Waals surface area contributed by atoms with Crippen LogP contribution in [0.4, 0.5) is 13.2 Å². The van der Waals surface area contributed by atoms with Crippen molar-refractivity contribution in [1.82, 2.24) is 15.3 Å². The van der Waals surface area contributed by atoms with Crippen molar-refractivity contribution in [1.29, 1.82) is 0 Å². The zero-order chi connectivity index (χ0) is 16.0. The molecule has 0 aliphatic carbocycles. The van der Waals surface area contributed by atoms with E-state index in [1.807, 2.05) is 30.3 Å². The second kappa shape index (κ2) is 6.88. The molecule has 116 valence electrons. The molecule has 0 aliphatic heterocycles. The molecule has 0 bridgehead atoms. The van der Waals surface area contributed by atoms with Crippen LogP contribution in [0.15, 0.2) is 42.7 Å². The number of carbonyl (C=O) groups excluding carboxylic acids is 1. The molecule has 1 aromatic carbocycles. The summed E-state index contributed by atoms with van der Waals surface area (Å²) < 4.78 is 41.5. The van der Waals surface area contributed by atoms with Crippen molar-refractivity contribution in [3.63, 3.8) is 0 Å². The smallest absolute Gasteiger partial charge is 0.405 e. The largest absolute Gasteiger partial charge is 0.473 e. The SMILES string of the molecule is O=C(NCC(F)(F)F)c1cc(OCc2ccccc2)ncn1. The first kappa shape index (κ1) is 15.7. The van der Waals surface area contributed by atoms with Gasteiger partial charge in [0.1, 0.15) is 25.2 Å². The summed E-state index contributed by atoms with van der Waals surface area (Å²) >= 11 is 0. The Kier molecular flexibility index (Phi) is 4.92. The van der Waals surface area contributed by atoms with E-state index in [1.165, 1.54) is 6.07 Å². The first-order chi connectivity index (χ1) is 10.4. The van der Waals surface area contributed by atoms with Gasteiger partial charge in [-0.05, 0) is 5.56 Å². The van der Waals surface area contributed by atoms with E-state index < -0.39 is 18.6 Å². The first-order valence-electron chi connectivity index (χ1n) is 6.28. The predicted octanol–water partition coefficient (Wildman–Crippen LogP) is 2.35. The number of nitrogens with one attached hydrogen (secondary N) is 1. The minimum absolute atomic E-state index is 0.107. The van der Waals surface area contributed by atoms with Gasteiger partial charge in [-0.2, -0.15) is 13.2 Å². The summed E-state index contributed by atoms with van der Waals surface area (Å²) in [4.78, 5) is 19.0. The van der Waals surface area contributed by atoms with Crippen LogP contribution in [0.1, 0.15) is 16.1 Å². The molecule has 1 N–H and O–H groups in total. The topological polar surface area (TPSA) is 64.1 Å². The van der Waals surface area contributed by atoms with Gasteiger partial charge in [0.25, 0.3) is 5.91 Å². The van der Waals surface area contributed by atoms with Crippen molar-refractivity contribution in [3.05, 3.63) is 54.0 Å². The highest BCUT2D eigenvalue weighted by Crippen LogP contribution is 2.13. The van der Waals surface area contributed by atoms with E-state index in [0.29, 0.717) is 0 Å². The van der Waals surface area contributed by atoms with Crippen LogP contribution in [0, 0.1) is 0 Å². The van der Waals surface area contributed by atoms with E-state index in [2.05, 4.69) is 9.97 Å². The number of rotatable bonds is 5. The number of nitrogens with zero attached hydrogens (tertiary/aromatic N) is 2. The van der Waals surface area contributed by atoms with E-state index in [9.17, 15) is 18.0 Å². The molecule has 0 fully saturated rings. The third kappa shape index (κ3) is 5.04. The van der Waals surface area contributed by atoms with Crippen LogP contribution in [-0.2, 0) is 6.61 Å². The molecule has 0 atom stereocenters. The standard InChI is InChI=1S/C14H12F3N3O2/c15-14(16,17)8-18-13(21)11-6-12(20-9-19-11)22-7-10-4-2-1-3-5-10/h1-6,9H,7-8H2,(H,18,21). The van der Waals surface area contributed by atoms with Crippen LogP contribution >= 0.6 is 0 Å². The average molecular weight is 311 g/mol. The summed E-state index contributed by atoms with van der Waals surface area (Å²) in [6.07, 6.45) is -3.42. The number of hydrogen-bond acceptors (Lipinski definition) is 4. The fraction of sp³-hybridized carbons (Fsp3) is 0.214. The zero-order valence-corrected chi connectivity index (χ0v) is 11.3. The Bertz CT molecular complexity index is 633. The number of aromatic nitrogens is 2. The van der Waals surface area contributed by atoms with Crippen LogP contribution in [0.2, 0.25) is 0 Å². The maximum absolute atomic E-state index is 12.0. The van der Waals surface area contributed by atoms with Gasteiger partial charge >= 0.3 is 6.18 Å². The Morgan fingerprint density at radius 3 is 2.59 bits per heavy atom. The second-order valence-corrected chi connectivity index (χ2v) is 4.31. The van der Waals surface area contributed by atoms with Gasteiger partial charge in [-0.25, -0.2) is 9.97 Å². The molecule has 1 heterocycles. The van der Waals surface area contributed by atoms with Crippen molar-refractivity contribution in [2.24, 2.45) is 0 Å². The molecule has 2 rings (SSSR count). The van der Waals surface area contributed by atoms with Crippen LogP contribution in [-0.4, -0.2) is 28.6 Å².